The van der Waals surface area contributed by atoms with Gasteiger partial charge in [0.05, 0.1) is 17.5 Å². The maximum absolute atomic E-state index is 12.4. The number of aromatic amines is 1. The maximum atomic E-state index is 12.4. The molecule has 1 atom stereocenters. The molecule has 0 aliphatic carbocycles. The van der Waals surface area contributed by atoms with Crippen LogP contribution in [0.1, 0.15) is 42.9 Å². The molecule has 1 aliphatic heterocycles. The summed E-state index contributed by atoms with van der Waals surface area (Å²) in [6.45, 7) is 6.00. The van der Waals surface area contributed by atoms with E-state index in [0.29, 0.717) is 24.5 Å². The van der Waals surface area contributed by atoms with Crippen LogP contribution in [0.4, 0.5) is 5.69 Å². The van der Waals surface area contributed by atoms with Gasteiger partial charge in [-0.05, 0) is 26.2 Å². The van der Waals surface area contributed by atoms with Crippen molar-refractivity contribution in [1.29, 1.82) is 0 Å². The molecular weight excluding hydrogens is 244 g/mol. The van der Waals surface area contributed by atoms with Gasteiger partial charge in [-0.15, -0.1) is 0 Å². The van der Waals surface area contributed by atoms with Crippen molar-refractivity contribution in [2.24, 2.45) is 0 Å². The third kappa shape index (κ3) is 2.89. The molecule has 1 saturated heterocycles. The molecule has 1 aromatic heterocycles. The number of likely N-dealkylation sites (tertiary alicyclic amines) is 1. The second kappa shape index (κ2) is 6.06. The summed E-state index contributed by atoms with van der Waals surface area (Å²) in [5.41, 5.74) is 7.58. The molecule has 1 unspecified atom stereocenters. The minimum absolute atomic E-state index is 0.0992. The van der Waals surface area contributed by atoms with Crippen molar-refractivity contribution in [2.75, 3.05) is 25.4 Å². The number of amides is 1. The average molecular weight is 266 g/mol. The van der Waals surface area contributed by atoms with Gasteiger partial charge < -0.3 is 15.4 Å². The van der Waals surface area contributed by atoms with Crippen LogP contribution in [0.5, 0.6) is 0 Å². The minimum atomic E-state index is -0.0992. The van der Waals surface area contributed by atoms with E-state index in [-0.39, 0.29) is 12.0 Å². The summed E-state index contributed by atoms with van der Waals surface area (Å²) in [6.07, 6.45) is 2.84. The second-order valence-corrected chi connectivity index (χ2v) is 4.79. The van der Waals surface area contributed by atoms with Crippen molar-refractivity contribution < 1.29 is 9.53 Å². The number of piperidine rings is 1. The molecular formula is C13H22N4O2. The molecule has 2 rings (SSSR count). The third-order valence-corrected chi connectivity index (χ3v) is 3.51. The Kier molecular flexibility index (Phi) is 4.42. The molecule has 3 N–H and O–H groups in total. The molecule has 0 saturated carbocycles. The largest absolute Gasteiger partial charge is 0.395 e. The number of rotatable bonds is 4. The zero-order valence-electron chi connectivity index (χ0n) is 11.6. The molecule has 19 heavy (non-hydrogen) atoms. The van der Waals surface area contributed by atoms with E-state index in [4.69, 9.17) is 10.5 Å². The number of carbonyl (C=O) groups is 1. The monoisotopic (exact) mass is 266 g/mol. The summed E-state index contributed by atoms with van der Waals surface area (Å²) >= 11 is 0. The normalized spacial score (nSPS) is 19.7. The SMILES string of the molecule is CCOC1CCCN(C(=O)c2n[nH]c(CC)c2N)C1. The van der Waals surface area contributed by atoms with Gasteiger partial charge in [-0.1, -0.05) is 6.92 Å². The second-order valence-electron chi connectivity index (χ2n) is 4.79. The molecule has 106 valence electrons. The highest BCUT2D eigenvalue weighted by Gasteiger charge is 2.27. The molecule has 1 fully saturated rings. The van der Waals surface area contributed by atoms with E-state index in [9.17, 15) is 4.79 Å². The number of aromatic nitrogens is 2. The van der Waals surface area contributed by atoms with Gasteiger partial charge >= 0.3 is 0 Å². The first-order valence-corrected chi connectivity index (χ1v) is 6.90. The highest BCUT2D eigenvalue weighted by atomic mass is 16.5. The number of hydrogen-bond acceptors (Lipinski definition) is 4. The van der Waals surface area contributed by atoms with Crippen molar-refractivity contribution >= 4 is 11.6 Å². The molecule has 1 aromatic rings. The zero-order chi connectivity index (χ0) is 13.8. The summed E-state index contributed by atoms with van der Waals surface area (Å²) < 4.78 is 5.60. The fourth-order valence-electron chi connectivity index (χ4n) is 2.46. The Morgan fingerprint density at radius 3 is 3.00 bits per heavy atom. The van der Waals surface area contributed by atoms with Crippen LogP contribution >= 0.6 is 0 Å². The van der Waals surface area contributed by atoms with Gasteiger partial charge in [0, 0.05) is 19.7 Å². The van der Waals surface area contributed by atoms with Gasteiger partial charge in [0.2, 0.25) is 0 Å². The van der Waals surface area contributed by atoms with E-state index >= 15 is 0 Å². The Balaban J connectivity index is 2.08. The lowest BCUT2D eigenvalue weighted by Crippen LogP contribution is -2.43. The minimum Gasteiger partial charge on any atom is -0.395 e. The third-order valence-electron chi connectivity index (χ3n) is 3.51. The molecule has 1 aliphatic rings. The van der Waals surface area contributed by atoms with Crippen LogP contribution in [0.15, 0.2) is 0 Å². The smallest absolute Gasteiger partial charge is 0.276 e. The lowest BCUT2D eigenvalue weighted by atomic mass is 10.1. The van der Waals surface area contributed by atoms with Gasteiger partial charge in [-0.2, -0.15) is 5.10 Å². The Morgan fingerprint density at radius 2 is 2.37 bits per heavy atom. The van der Waals surface area contributed by atoms with Crippen LogP contribution in [-0.2, 0) is 11.2 Å². The number of H-pyrrole nitrogens is 1. The van der Waals surface area contributed by atoms with E-state index in [1.54, 1.807) is 4.90 Å². The molecule has 6 nitrogen and oxygen atoms in total. The number of anilines is 1. The summed E-state index contributed by atoms with van der Waals surface area (Å²) in [5, 5.41) is 6.88. The molecule has 1 amide bonds. The number of nitrogens with two attached hydrogens (primary N) is 1. The zero-order valence-corrected chi connectivity index (χ0v) is 11.6. The molecule has 0 bridgehead atoms. The number of hydrogen-bond donors (Lipinski definition) is 2. The lowest BCUT2D eigenvalue weighted by Gasteiger charge is -2.32. The summed E-state index contributed by atoms with van der Waals surface area (Å²) in [5.74, 6) is -0.0992. The predicted octanol–water partition coefficient (Wildman–Crippen LogP) is 1.20. The van der Waals surface area contributed by atoms with E-state index in [1.807, 2.05) is 13.8 Å². The maximum Gasteiger partial charge on any atom is 0.276 e. The van der Waals surface area contributed by atoms with Gasteiger partial charge in [0.15, 0.2) is 5.69 Å². The van der Waals surface area contributed by atoms with E-state index < -0.39 is 0 Å². The standard InChI is InChI=1S/C13H22N4O2/c1-3-10-11(14)12(16-15-10)13(18)17-7-5-6-9(8-17)19-4-2/h9H,3-8,14H2,1-2H3,(H,15,16). The first-order valence-electron chi connectivity index (χ1n) is 6.90. The van der Waals surface area contributed by atoms with Crippen molar-refractivity contribution in [3.63, 3.8) is 0 Å². The fourth-order valence-corrected chi connectivity index (χ4v) is 2.46. The van der Waals surface area contributed by atoms with E-state index in [0.717, 1.165) is 31.5 Å². The lowest BCUT2D eigenvalue weighted by molar-refractivity contribution is 0.00707. The highest BCUT2D eigenvalue weighted by molar-refractivity contribution is 5.97. The molecule has 2 heterocycles. The van der Waals surface area contributed by atoms with Crippen LogP contribution in [0.3, 0.4) is 0 Å². The van der Waals surface area contributed by atoms with Crippen LogP contribution in [0.25, 0.3) is 0 Å². The first-order chi connectivity index (χ1) is 9.17. The number of nitrogen functional groups attached to an aromatic ring is 1. The van der Waals surface area contributed by atoms with Crippen LogP contribution < -0.4 is 5.73 Å². The summed E-state index contributed by atoms with van der Waals surface area (Å²) in [7, 11) is 0. The Morgan fingerprint density at radius 1 is 1.58 bits per heavy atom. The van der Waals surface area contributed by atoms with Crippen LogP contribution in [0, 0.1) is 0 Å². The molecule has 0 aromatic carbocycles. The number of nitrogens with one attached hydrogen (secondary N) is 1. The quantitative estimate of drug-likeness (QED) is 0.857. The number of ether oxygens (including phenoxy) is 1. The van der Waals surface area contributed by atoms with Crippen molar-refractivity contribution in [3.05, 3.63) is 11.4 Å². The topological polar surface area (TPSA) is 84.2 Å². The Hall–Kier alpha value is -1.56. The summed E-state index contributed by atoms with van der Waals surface area (Å²) in [6, 6.07) is 0. The van der Waals surface area contributed by atoms with Gasteiger partial charge in [0.1, 0.15) is 0 Å². The highest BCUT2D eigenvalue weighted by Crippen LogP contribution is 2.20. The van der Waals surface area contributed by atoms with Gasteiger partial charge in [-0.3, -0.25) is 9.89 Å². The van der Waals surface area contributed by atoms with Crippen molar-refractivity contribution in [2.45, 2.75) is 39.2 Å². The van der Waals surface area contributed by atoms with E-state index in [1.165, 1.54) is 0 Å². The average Bonchev–Trinajstić information content (AvgIpc) is 2.80. The Labute approximate surface area is 113 Å². The van der Waals surface area contributed by atoms with Crippen LogP contribution in [-0.4, -0.2) is 46.8 Å². The van der Waals surface area contributed by atoms with Crippen LogP contribution in [0.2, 0.25) is 0 Å². The number of nitrogens with zero attached hydrogens (tertiary/aromatic N) is 2. The fraction of sp³-hybridized carbons (Fsp3) is 0.692. The molecule has 0 radical (unpaired) electrons. The van der Waals surface area contributed by atoms with Gasteiger partial charge in [0.25, 0.3) is 5.91 Å². The van der Waals surface area contributed by atoms with E-state index in [2.05, 4.69) is 10.2 Å². The van der Waals surface area contributed by atoms with Crippen molar-refractivity contribution in [3.8, 4) is 0 Å². The number of aryl methyl sites for hydroxylation is 1. The van der Waals surface area contributed by atoms with Gasteiger partial charge in [-0.25, -0.2) is 0 Å². The molecule has 0 spiro atoms. The first kappa shape index (κ1) is 13.9. The summed E-state index contributed by atoms with van der Waals surface area (Å²) in [4.78, 5) is 14.2. The van der Waals surface area contributed by atoms with Crippen molar-refractivity contribution in [1.82, 2.24) is 15.1 Å². The molecule has 6 heteroatoms. The number of carbonyl (C=O) groups excluding carboxylic acids is 1. The Bertz CT molecular complexity index is 442. The predicted molar refractivity (Wildman–Crippen MR) is 72.9 cm³/mol.